The van der Waals surface area contributed by atoms with Gasteiger partial charge in [0.05, 0.1) is 5.92 Å². The average Bonchev–Trinajstić information content (AvgIpc) is 2.81. The molecule has 5 heteroatoms. The van der Waals surface area contributed by atoms with Crippen LogP contribution in [-0.4, -0.2) is 60.4 Å². The van der Waals surface area contributed by atoms with Crippen molar-refractivity contribution in [2.75, 3.05) is 32.7 Å². The summed E-state index contributed by atoms with van der Waals surface area (Å²) in [4.78, 5) is 28.2. The summed E-state index contributed by atoms with van der Waals surface area (Å²) in [5, 5.41) is 3.01. The van der Waals surface area contributed by atoms with Gasteiger partial charge in [-0.2, -0.15) is 0 Å². The molecule has 0 aromatic rings. The molecule has 0 unspecified atom stereocenters. The summed E-state index contributed by atoms with van der Waals surface area (Å²) in [5.74, 6) is 0.744. The molecule has 0 spiro atoms. The maximum atomic E-state index is 12.2. The number of hydrogen-bond acceptors (Lipinski definition) is 3. The van der Waals surface area contributed by atoms with Crippen LogP contribution >= 0.6 is 0 Å². The smallest absolute Gasteiger partial charge is 0.225 e. The zero-order valence-electron chi connectivity index (χ0n) is 13.6. The monoisotopic (exact) mass is 295 g/mol. The fourth-order valence-electron chi connectivity index (χ4n) is 3.38. The molecule has 120 valence electrons. The van der Waals surface area contributed by atoms with Gasteiger partial charge in [0.15, 0.2) is 0 Å². The number of amides is 2. The van der Waals surface area contributed by atoms with Crippen molar-refractivity contribution in [1.29, 1.82) is 0 Å². The second-order valence-electron chi connectivity index (χ2n) is 6.88. The minimum Gasteiger partial charge on any atom is -0.355 e. The molecule has 1 N–H and O–H groups in total. The number of carbonyl (C=O) groups excluding carboxylic acids is 2. The Morgan fingerprint density at radius 2 is 2.14 bits per heavy atom. The molecular formula is C16H29N3O2. The number of likely N-dealkylation sites (tertiary alicyclic amines) is 2. The molecule has 2 saturated heterocycles. The van der Waals surface area contributed by atoms with E-state index in [1.807, 2.05) is 13.8 Å². The minimum atomic E-state index is -0.167. The van der Waals surface area contributed by atoms with Crippen molar-refractivity contribution in [2.45, 2.75) is 46.1 Å². The molecular weight excluding hydrogens is 266 g/mol. The van der Waals surface area contributed by atoms with Gasteiger partial charge in [0.1, 0.15) is 0 Å². The molecule has 0 saturated carbocycles. The summed E-state index contributed by atoms with van der Waals surface area (Å²) in [6.45, 7) is 10.7. The second kappa shape index (κ2) is 7.25. The number of hydrogen-bond donors (Lipinski definition) is 1. The van der Waals surface area contributed by atoms with Crippen LogP contribution in [-0.2, 0) is 9.59 Å². The second-order valence-corrected chi connectivity index (χ2v) is 6.88. The van der Waals surface area contributed by atoms with Gasteiger partial charge in [-0.25, -0.2) is 0 Å². The Morgan fingerprint density at radius 1 is 1.38 bits per heavy atom. The van der Waals surface area contributed by atoms with E-state index in [4.69, 9.17) is 0 Å². The van der Waals surface area contributed by atoms with Crippen molar-refractivity contribution in [3.63, 3.8) is 0 Å². The van der Waals surface area contributed by atoms with E-state index >= 15 is 0 Å². The third kappa shape index (κ3) is 4.43. The fourth-order valence-corrected chi connectivity index (χ4v) is 3.38. The third-order valence-electron chi connectivity index (χ3n) is 4.62. The summed E-state index contributed by atoms with van der Waals surface area (Å²) < 4.78 is 0. The summed E-state index contributed by atoms with van der Waals surface area (Å²) in [6.07, 6.45) is 2.94. The molecule has 2 amide bonds. The molecule has 0 aliphatic carbocycles. The molecule has 2 aliphatic heterocycles. The van der Waals surface area contributed by atoms with Gasteiger partial charge in [-0.05, 0) is 39.2 Å². The summed E-state index contributed by atoms with van der Waals surface area (Å²) in [5.41, 5.74) is 0. The van der Waals surface area contributed by atoms with Crippen LogP contribution in [0.25, 0.3) is 0 Å². The first-order valence-corrected chi connectivity index (χ1v) is 8.27. The Bertz CT molecular complexity index is 384. The normalized spacial score (nSPS) is 27.4. The van der Waals surface area contributed by atoms with Crippen LogP contribution in [0.5, 0.6) is 0 Å². The first-order chi connectivity index (χ1) is 9.97. The van der Waals surface area contributed by atoms with Gasteiger partial charge in [-0.15, -0.1) is 0 Å². The molecule has 0 radical (unpaired) electrons. The van der Waals surface area contributed by atoms with Gasteiger partial charge in [-0.1, -0.05) is 6.92 Å². The van der Waals surface area contributed by atoms with Crippen molar-refractivity contribution < 1.29 is 9.59 Å². The lowest BCUT2D eigenvalue weighted by atomic mass is 10.0. The molecule has 2 fully saturated rings. The molecule has 0 bridgehead atoms. The van der Waals surface area contributed by atoms with Crippen molar-refractivity contribution >= 4 is 11.8 Å². The van der Waals surface area contributed by atoms with Crippen LogP contribution in [0.1, 0.15) is 40.0 Å². The quantitative estimate of drug-likeness (QED) is 0.826. The maximum absolute atomic E-state index is 12.2. The van der Waals surface area contributed by atoms with Gasteiger partial charge in [0.25, 0.3) is 0 Å². The lowest BCUT2D eigenvalue weighted by Gasteiger charge is -2.30. The van der Waals surface area contributed by atoms with E-state index in [1.54, 1.807) is 4.90 Å². The van der Waals surface area contributed by atoms with Crippen molar-refractivity contribution in [3.05, 3.63) is 0 Å². The third-order valence-corrected chi connectivity index (χ3v) is 4.62. The Labute approximate surface area is 128 Å². The molecule has 0 aromatic heterocycles. The van der Waals surface area contributed by atoms with Gasteiger partial charge in [-0.3, -0.25) is 9.59 Å². The van der Waals surface area contributed by atoms with Crippen molar-refractivity contribution in [2.24, 2.45) is 11.8 Å². The maximum Gasteiger partial charge on any atom is 0.225 e. The molecule has 21 heavy (non-hydrogen) atoms. The predicted octanol–water partition coefficient (Wildman–Crippen LogP) is 1.09. The minimum absolute atomic E-state index is 0.0385. The highest BCUT2D eigenvalue weighted by molar-refractivity contribution is 5.89. The van der Waals surface area contributed by atoms with Gasteiger partial charge < -0.3 is 15.1 Å². The highest BCUT2D eigenvalue weighted by Crippen LogP contribution is 2.20. The van der Waals surface area contributed by atoms with Crippen molar-refractivity contribution in [1.82, 2.24) is 15.1 Å². The standard InChI is InChI=1S/C16H29N3O2/c1-12(2)19-11-14(9-15(19)20)16(21)17-6-8-18-7-4-5-13(3)10-18/h12-14H,4-11H2,1-3H3,(H,17,21)/t13-,14-/m1/s1. The van der Waals surface area contributed by atoms with Crippen LogP contribution in [0.3, 0.4) is 0 Å². The van der Waals surface area contributed by atoms with Gasteiger partial charge in [0.2, 0.25) is 11.8 Å². The van der Waals surface area contributed by atoms with E-state index in [-0.39, 0.29) is 23.8 Å². The summed E-state index contributed by atoms with van der Waals surface area (Å²) in [7, 11) is 0. The number of piperidine rings is 1. The molecule has 2 aliphatic rings. The number of nitrogens with one attached hydrogen (secondary N) is 1. The lowest BCUT2D eigenvalue weighted by molar-refractivity contribution is -0.129. The van der Waals surface area contributed by atoms with E-state index in [0.717, 1.165) is 25.6 Å². The molecule has 0 aromatic carbocycles. The van der Waals surface area contributed by atoms with Crippen LogP contribution < -0.4 is 5.32 Å². The summed E-state index contributed by atoms with van der Waals surface area (Å²) in [6, 6.07) is 0.185. The fraction of sp³-hybridized carbons (Fsp3) is 0.875. The Kier molecular flexibility index (Phi) is 5.62. The van der Waals surface area contributed by atoms with E-state index in [1.165, 1.54) is 12.8 Å². The average molecular weight is 295 g/mol. The first-order valence-electron chi connectivity index (χ1n) is 8.27. The van der Waals surface area contributed by atoms with E-state index in [0.29, 0.717) is 19.5 Å². The number of carbonyl (C=O) groups is 2. The zero-order valence-corrected chi connectivity index (χ0v) is 13.6. The molecule has 5 nitrogen and oxygen atoms in total. The van der Waals surface area contributed by atoms with Crippen molar-refractivity contribution in [3.8, 4) is 0 Å². The summed E-state index contributed by atoms with van der Waals surface area (Å²) >= 11 is 0. The Hall–Kier alpha value is -1.10. The largest absolute Gasteiger partial charge is 0.355 e. The van der Waals surface area contributed by atoms with E-state index < -0.39 is 0 Å². The van der Waals surface area contributed by atoms with Gasteiger partial charge in [0, 0.05) is 38.6 Å². The predicted molar refractivity (Wildman–Crippen MR) is 82.8 cm³/mol. The number of nitrogens with zero attached hydrogens (tertiary/aromatic N) is 2. The van der Waals surface area contributed by atoms with Crippen LogP contribution in [0.15, 0.2) is 0 Å². The lowest BCUT2D eigenvalue weighted by Crippen LogP contribution is -2.42. The first kappa shape index (κ1) is 16.3. The topological polar surface area (TPSA) is 52.7 Å². The Morgan fingerprint density at radius 3 is 2.76 bits per heavy atom. The highest BCUT2D eigenvalue weighted by atomic mass is 16.2. The Balaban J connectivity index is 1.69. The highest BCUT2D eigenvalue weighted by Gasteiger charge is 2.35. The van der Waals surface area contributed by atoms with Crippen LogP contribution in [0.2, 0.25) is 0 Å². The van der Waals surface area contributed by atoms with Gasteiger partial charge >= 0.3 is 0 Å². The molecule has 2 heterocycles. The molecule has 2 rings (SSSR count). The zero-order chi connectivity index (χ0) is 15.4. The van der Waals surface area contributed by atoms with Crippen LogP contribution in [0, 0.1) is 11.8 Å². The molecule has 2 atom stereocenters. The van der Waals surface area contributed by atoms with E-state index in [2.05, 4.69) is 17.1 Å². The van der Waals surface area contributed by atoms with E-state index in [9.17, 15) is 9.59 Å². The number of rotatable bonds is 5. The van der Waals surface area contributed by atoms with Crippen LogP contribution in [0.4, 0.5) is 0 Å². The SMILES string of the molecule is CC(C)N1C[C@H](C(=O)NCCN2CCC[C@@H](C)C2)CC1=O.